The molecule has 0 unspecified atom stereocenters. The first-order valence-electron chi connectivity index (χ1n) is 8.89. The number of rotatable bonds is 6. The summed E-state index contributed by atoms with van der Waals surface area (Å²) in [4.78, 5) is 16.4. The molecular formula is C20H24ClN3O2. The van der Waals surface area contributed by atoms with Crippen molar-refractivity contribution in [3.8, 4) is 5.75 Å². The lowest BCUT2D eigenvalue weighted by atomic mass is 10.2. The second-order valence-corrected chi connectivity index (χ2v) is 6.66. The number of para-hydroxylation sites is 1. The Kier molecular flexibility index (Phi) is 6.75. The topological polar surface area (TPSA) is 44.8 Å². The minimum Gasteiger partial charge on any atom is -0.491 e. The maximum absolute atomic E-state index is 12.3. The Bertz CT molecular complexity index is 703. The zero-order valence-electron chi connectivity index (χ0n) is 14.7. The molecule has 138 valence electrons. The van der Waals surface area contributed by atoms with E-state index < -0.39 is 0 Å². The van der Waals surface area contributed by atoms with Crippen molar-refractivity contribution < 1.29 is 9.53 Å². The van der Waals surface area contributed by atoms with Crippen LogP contribution in [0.3, 0.4) is 0 Å². The van der Waals surface area contributed by atoms with Crippen LogP contribution in [0.4, 0.5) is 4.79 Å². The summed E-state index contributed by atoms with van der Waals surface area (Å²) in [6.07, 6.45) is 0. The number of ether oxygens (including phenoxy) is 1. The molecule has 1 N–H and O–H groups in total. The van der Waals surface area contributed by atoms with Gasteiger partial charge in [-0.05, 0) is 17.7 Å². The SMILES string of the molecule is O=C(NCc1ccccc1)N1CCN(CCOc2ccccc2Cl)CC1. The zero-order valence-corrected chi connectivity index (χ0v) is 15.5. The third-order valence-electron chi connectivity index (χ3n) is 4.45. The molecule has 0 spiro atoms. The number of benzene rings is 2. The van der Waals surface area contributed by atoms with Gasteiger partial charge in [-0.3, -0.25) is 4.90 Å². The fraction of sp³-hybridized carbons (Fsp3) is 0.350. The summed E-state index contributed by atoms with van der Waals surface area (Å²) in [6.45, 7) is 5.13. The van der Waals surface area contributed by atoms with Gasteiger partial charge in [-0.1, -0.05) is 54.1 Å². The van der Waals surface area contributed by atoms with Gasteiger partial charge in [0.15, 0.2) is 0 Å². The Morgan fingerprint density at radius 1 is 1.00 bits per heavy atom. The molecule has 0 bridgehead atoms. The maximum atomic E-state index is 12.3. The predicted molar refractivity (Wildman–Crippen MR) is 104 cm³/mol. The molecule has 5 nitrogen and oxygen atoms in total. The van der Waals surface area contributed by atoms with Crippen LogP contribution in [-0.2, 0) is 6.54 Å². The maximum Gasteiger partial charge on any atom is 0.317 e. The Morgan fingerprint density at radius 2 is 1.69 bits per heavy atom. The van der Waals surface area contributed by atoms with Crippen LogP contribution in [0.1, 0.15) is 5.56 Å². The van der Waals surface area contributed by atoms with Crippen molar-refractivity contribution in [3.63, 3.8) is 0 Å². The van der Waals surface area contributed by atoms with Crippen LogP contribution in [-0.4, -0.2) is 55.2 Å². The summed E-state index contributed by atoms with van der Waals surface area (Å²) < 4.78 is 5.73. The van der Waals surface area contributed by atoms with E-state index in [2.05, 4.69) is 10.2 Å². The van der Waals surface area contributed by atoms with Gasteiger partial charge in [0.05, 0.1) is 5.02 Å². The van der Waals surface area contributed by atoms with Gasteiger partial charge >= 0.3 is 6.03 Å². The molecule has 0 aliphatic carbocycles. The Hall–Kier alpha value is -2.24. The van der Waals surface area contributed by atoms with Crippen molar-refractivity contribution >= 4 is 17.6 Å². The summed E-state index contributed by atoms with van der Waals surface area (Å²) in [5.74, 6) is 0.716. The summed E-state index contributed by atoms with van der Waals surface area (Å²) in [6, 6.07) is 17.4. The standard InChI is InChI=1S/C20H24ClN3O2/c21-18-8-4-5-9-19(18)26-15-14-23-10-12-24(13-11-23)20(25)22-16-17-6-2-1-3-7-17/h1-9H,10-16H2,(H,22,25). The van der Waals surface area contributed by atoms with Gasteiger partial charge in [-0.15, -0.1) is 0 Å². The van der Waals surface area contributed by atoms with E-state index in [0.717, 1.165) is 38.3 Å². The number of nitrogens with one attached hydrogen (secondary N) is 1. The van der Waals surface area contributed by atoms with Crippen molar-refractivity contribution in [1.29, 1.82) is 0 Å². The van der Waals surface area contributed by atoms with Crippen LogP contribution in [0.15, 0.2) is 54.6 Å². The highest BCUT2D eigenvalue weighted by Crippen LogP contribution is 2.22. The van der Waals surface area contributed by atoms with Gasteiger partial charge in [-0.25, -0.2) is 4.79 Å². The van der Waals surface area contributed by atoms with Gasteiger partial charge in [0.25, 0.3) is 0 Å². The minimum absolute atomic E-state index is 0.000760. The number of hydrogen-bond acceptors (Lipinski definition) is 3. The molecule has 0 aromatic heterocycles. The predicted octanol–water partition coefficient (Wildman–Crippen LogP) is 3.25. The molecule has 0 atom stereocenters. The number of hydrogen-bond donors (Lipinski definition) is 1. The van der Waals surface area contributed by atoms with Gasteiger partial charge in [0, 0.05) is 39.3 Å². The van der Waals surface area contributed by atoms with Crippen molar-refractivity contribution in [3.05, 3.63) is 65.2 Å². The van der Waals surface area contributed by atoms with Gasteiger partial charge in [0.1, 0.15) is 12.4 Å². The van der Waals surface area contributed by atoms with E-state index in [0.29, 0.717) is 23.9 Å². The third kappa shape index (κ3) is 5.38. The summed E-state index contributed by atoms with van der Waals surface area (Å²) in [7, 11) is 0. The van der Waals surface area contributed by atoms with E-state index in [-0.39, 0.29) is 6.03 Å². The summed E-state index contributed by atoms with van der Waals surface area (Å²) in [5.41, 5.74) is 1.11. The molecule has 2 aromatic rings. The molecule has 6 heteroatoms. The van der Waals surface area contributed by atoms with Crippen molar-refractivity contribution in [2.24, 2.45) is 0 Å². The average molecular weight is 374 g/mol. The molecule has 1 fully saturated rings. The van der Waals surface area contributed by atoms with Gasteiger partial charge in [0.2, 0.25) is 0 Å². The number of nitrogens with zero attached hydrogens (tertiary/aromatic N) is 2. The minimum atomic E-state index is 0.000760. The highest BCUT2D eigenvalue weighted by atomic mass is 35.5. The first kappa shape index (κ1) is 18.5. The fourth-order valence-electron chi connectivity index (χ4n) is 2.91. The Balaban J connectivity index is 1.34. The van der Waals surface area contributed by atoms with Crippen LogP contribution in [0.5, 0.6) is 5.75 Å². The van der Waals surface area contributed by atoms with E-state index in [1.807, 2.05) is 59.5 Å². The second-order valence-electron chi connectivity index (χ2n) is 6.25. The number of carbonyl (C=O) groups excluding carboxylic acids is 1. The molecular weight excluding hydrogens is 350 g/mol. The normalized spacial score (nSPS) is 14.9. The van der Waals surface area contributed by atoms with Crippen LogP contribution < -0.4 is 10.1 Å². The number of carbonyl (C=O) groups is 1. The van der Waals surface area contributed by atoms with Crippen LogP contribution in [0.25, 0.3) is 0 Å². The van der Waals surface area contributed by atoms with Crippen LogP contribution in [0, 0.1) is 0 Å². The van der Waals surface area contributed by atoms with E-state index in [4.69, 9.17) is 16.3 Å². The highest BCUT2D eigenvalue weighted by Gasteiger charge is 2.20. The number of piperazine rings is 1. The third-order valence-corrected chi connectivity index (χ3v) is 4.76. The molecule has 0 saturated carbocycles. The van der Waals surface area contributed by atoms with E-state index in [1.54, 1.807) is 0 Å². The average Bonchev–Trinajstić information content (AvgIpc) is 2.69. The Labute approximate surface area is 159 Å². The molecule has 1 heterocycles. The molecule has 26 heavy (non-hydrogen) atoms. The van der Waals surface area contributed by atoms with Crippen LogP contribution >= 0.6 is 11.6 Å². The zero-order chi connectivity index (χ0) is 18.2. The molecule has 2 aromatic carbocycles. The number of amides is 2. The first-order chi connectivity index (χ1) is 12.7. The summed E-state index contributed by atoms with van der Waals surface area (Å²) in [5, 5.41) is 3.62. The van der Waals surface area contributed by atoms with E-state index >= 15 is 0 Å². The van der Waals surface area contributed by atoms with E-state index in [9.17, 15) is 4.79 Å². The molecule has 1 saturated heterocycles. The van der Waals surface area contributed by atoms with Crippen LogP contribution in [0.2, 0.25) is 5.02 Å². The molecule has 1 aliphatic rings. The second kappa shape index (κ2) is 9.46. The molecule has 1 aliphatic heterocycles. The van der Waals surface area contributed by atoms with Gasteiger partial charge < -0.3 is 15.0 Å². The van der Waals surface area contributed by atoms with Crippen molar-refractivity contribution in [1.82, 2.24) is 15.1 Å². The van der Waals surface area contributed by atoms with Gasteiger partial charge in [-0.2, -0.15) is 0 Å². The van der Waals surface area contributed by atoms with E-state index in [1.165, 1.54) is 0 Å². The lowest BCUT2D eigenvalue weighted by Crippen LogP contribution is -2.52. The molecule has 0 radical (unpaired) electrons. The smallest absolute Gasteiger partial charge is 0.317 e. The Morgan fingerprint density at radius 3 is 2.42 bits per heavy atom. The summed E-state index contributed by atoms with van der Waals surface area (Å²) >= 11 is 6.08. The quantitative estimate of drug-likeness (QED) is 0.845. The fourth-order valence-corrected chi connectivity index (χ4v) is 3.10. The highest BCUT2D eigenvalue weighted by molar-refractivity contribution is 6.32. The lowest BCUT2D eigenvalue weighted by molar-refractivity contribution is 0.126. The first-order valence-corrected chi connectivity index (χ1v) is 9.26. The number of halogens is 1. The monoisotopic (exact) mass is 373 g/mol. The molecule has 2 amide bonds. The van der Waals surface area contributed by atoms with Crippen molar-refractivity contribution in [2.45, 2.75) is 6.54 Å². The number of urea groups is 1. The van der Waals surface area contributed by atoms with Crippen molar-refractivity contribution in [2.75, 3.05) is 39.3 Å². The lowest BCUT2D eigenvalue weighted by Gasteiger charge is -2.34. The molecule has 3 rings (SSSR count). The largest absolute Gasteiger partial charge is 0.491 e.